The van der Waals surface area contributed by atoms with Gasteiger partial charge >= 0.3 is 5.97 Å². The van der Waals surface area contributed by atoms with Gasteiger partial charge in [0.25, 0.3) is 0 Å². The van der Waals surface area contributed by atoms with Crippen LogP contribution < -0.4 is 0 Å². The molecule has 0 unspecified atom stereocenters. The summed E-state index contributed by atoms with van der Waals surface area (Å²) in [5, 5.41) is 0.410. The van der Waals surface area contributed by atoms with Crippen molar-refractivity contribution in [2.45, 2.75) is 36.6 Å². The van der Waals surface area contributed by atoms with Gasteiger partial charge in [0.15, 0.2) is 5.17 Å². The van der Waals surface area contributed by atoms with E-state index >= 15 is 0 Å². The fraction of sp³-hybridized carbons (Fsp3) is 0.261. The summed E-state index contributed by atoms with van der Waals surface area (Å²) in [4.78, 5) is 33.5. The molecule has 5 nitrogen and oxygen atoms in total. The van der Waals surface area contributed by atoms with E-state index in [1.165, 1.54) is 11.8 Å². The van der Waals surface area contributed by atoms with Crippen LogP contribution >= 0.6 is 23.5 Å². The number of amides is 1. The minimum atomic E-state index is -0.540. The molecular weight excluding hydrogens is 416 g/mol. The monoisotopic (exact) mass is 438 g/mol. The highest BCUT2D eigenvalue weighted by molar-refractivity contribution is 8.15. The van der Waals surface area contributed by atoms with Crippen LogP contribution in [0.2, 0.25) is 0 Å². The molecule has 2 aliphatic rings. The number of benzene rings is 2. The highest BCUT2D eigenvalue weighted by Gasteiger charge is 2.46. The average molecular weight is 439 g/mol. The van der Waals surface area contributed by atoms with E-state index in [1.807, 2.05) is 67.8 Å². The molecule has 4 rings (SSSR count). The highest BCUT2D eigenvalue weighted by atomic mass is 32.2. The molecular formula is C23H22N2O3S2. The van der Waals surface area contributed by atoms with Crippen molar-refractivity contribution in [3.63, 3.8) is 0 Å². The maximum Gasteiger partial charge on any atom is 0.338 e. The number of thioether (sulfide) groups is 2. The normalized spacial score (nSPS) is 20.8. The van der Waals surface area contributed by atoms with E-state index in [1.54, 1.807) is 23.6 Å². The number of esters is 1. The third-order valence-electron chi connectivity index (χ3n) is 5.12. The van der Waals surface area contributed by atoms with E-state index in [-0.39, 0.29) is 17.8 Å². The molecule has 0 N–H and O–H groups in total. The minimum Gasteiger partial charge on any atom is -0.457 e. The van der Waals surface area contributed by atoms with Crippen LogP contribution in [0.1, 0.15) is 31.0 Å². The molecule has 2 atom stereocenters. The number of allylic oxidation sites excluding steroid dienone is 1. The fourth-order valence-corrected chi connectivity index (χ4v) is 5.00. The Bertz CT molecular complexity index is 1030. The summed E-state index contributed by atoms with van der Waals surface area (Å²) in [5.41, 5.74) is 2.78. The zero-order chi connectivity index (χ0) is 21.3. The Balaban J connectivity index is 1.70. The van der Waals surface area contributed by atoms with Gasteiger partial charge < -0.3 is 4.74 Å². The Labute approximate surface area is 184 Å². The molecule has 2 aliphatic heterocycles. The van der Waals surface area contributed by atoms with Gasteiger partial charge in [0, 0.05) is 4.90 Å². The van der Waals surface area contributed by atoms with Gasteiger partial charge in [0.05, 0.1) is 22.6 Å². The molecule has 30 heavy (non-hydrogen) atoms. The summed E-state index contributed by atoms with van der Waals surface area (Å²) in [6.45, 7) is 3.84. The maximum atomic E-state index is 13.2. The summed E-state index contributed by atoms with van der Waals surface area (Å²) in [6, 6.07) is 17.0. The largest absolute Gasteiger partial charge is 0.457 e. The third kappa shape index (κ3) is 3.91. The Morgan fingerprint density at radius 2 is 1.87 bits per heavy atom. The van der Waals surface area contributed by atoms with Gasteiger partial charge in [-0.2, -0.15) is 0 Å². The first kappa shape index (κ1) is 20.8. The van der Waals surface area contributed by atoms with Crippen molar-refractivity contribution in [3.8, 4) is 0 Å². The molecule has 1 amide bonds. The second kappa shape index (κ2) is 8.70. The standard InChI is InChI=1S/C23H22N2O3S2/c1-14-19(22(27)28-13-16-7-5-4-6-8-16)20(17-9-11-18(29-3)12-10-17)25-21(26)15(2)30-23(25)24-14/h4-12,15,20H,13H2,1-3H3/t15-,20-/m0/s1. The predicted molar refractivity (Wildman–Crippen MR) is 121 cm³/mol. The molecule has 2 aromatic rings. The second-order valence-electron chi connectivity index (χ2n) is 7.10. The maximum absolute atomic E-state index is 13.2. The van der Waals surface area contributed by atoms with Crippen molar-refractivity contribution in [2.75, 3.05) is 6.26 Å². The van der Waals surface area contributed by atoms with Crippen molar-refractivity contribution in [2.24, 2.45) is 4.99 Å². The third-order valence-corrected chi connectivity index (χ3v) is 6.92. The Hall–Kier alpha value is -2.51. The number of carbonyl (C=O) groups excluding carboxylic acids is 2. The van der Waals surface area contributed by atoms with E-state index < -0.39 is 12.0 Å². The number of hydrogen-bond donors (Lipinski definition) is 0. The smallest absolute Gasteiger partial charge is 0.338 e. The van der Waals surface area contributed by atoms with Gasteiger partial charge in [-0.25, -0.2) is 9.79 Å². The summed E-state index contributed by atoms with van der Waals surface area (Å²) in [7, 11) is 0. The summed E-state index contributed by atoms with van der Waals surface area (Å²) >= 11 is 3.07. The van der Waals surface area contributed by atoms with Crippen molar-refractivity contribution < 1.29 is 14.3 Å². The first-order valence-electron chi connectivity index (χ1n) is 9.63. The van der Waals surface area contributed by atoms with Crippen LogP contribution in [0.15, 0.2) is 75.8 Å². The number of nitrogens with zero attached hydrogens (tertiary/aromatic N) is 2. The molecule has 0 aromatic heterocycles. The topological polar surface area (TPSA) is 59.0 Å². The summed E-state index contributed by atoms with van der Waals surface area (Å²) in [6.07, 6.45) is 2.01. The SMILES string of the molecule is CSc1ccc([C@H]2C(C(=O)OCc3ccccc3)=C(C)N=C3S[C@@H](C)C(=O)N32)cc1. The van der Waals surface area contributed by atoms with E-state index in [0.29, 0.717) is 16.4 Å². The lowest BCUT2D eigenvalue weighted by Crippen LogP contribution is -2.40. The van der Waals surface area contributed by atoms with Gasteiger partial charge in [-0.1, -0.05) is 54.2 Å². The van der Waals surface area contributed by atoms with E-state index in [9.17, 15) is 9.59 Å². The zero-order valence-electron chi connectivity index (χ0n) is 17.0. The van der Waals surface area contributed by atoms with E-state index in [4.69, 9.17) is 4.74 Å². The Morgan fingerprint density at radius 1 is 1.17 bits per heavy atom. The fourth-order valence-electron chi connectivity index (χ4n) is 3.57. The molecule has 0 bridgehead atoms. The molecule has 0 spiro atoms. The van der Waals surface area contributed by atoms with Crippen LogP contribution in [-0.2, 0) is 20.9 Å². The summed E-state index contributed by atoms with van der Waals surface area (Å²) in [5.74, 6) is -0.492. The molecule has 7 heteroatoms. The molecule has 0 saturated carbocycles. The minimum absolute atomic E-state index is 0.0430. The van der Waals surface area contributed by atoms with Gasteiger partial charge in [-0.05, 0) is 43.4 Å². The summed E-state index contributed by atoms with van der Waals surface area (Å²) < 4.78 is 5.63. The number of aliphatic imine (C=N–C) groups is 1. The molecule has 2 aromatic carbocycles. The van der Waals surface area contributed by atoms with Gasteiger partial charge in [0.1, 0.15) is 6.61 Å². The lowest BCUT2D eigenvalue weighted by atomic mass is 9.94. The van der Waals surface area contributed by atoms with Crippen molar-refractivity contribution in [1.29, 1.82) is 0 Å². The number of hydrogen-bond acceptors (Lipinski definition) is 6. The van der Waals surface area contributed by atoms with Crippen molar-refractivity contribution in [3.05, 3.63) is 77.0 Å². The quantitative estimate of drug-likeness (QED) is 0.496. The van der Waals surface area contributed by atoms with Crippen LogP contribution in [-0.4, -0.2) is 33.4 Å². The molecule has 2 heterocycles. The number of ether oxygens (including phenoxy) is 1. The molecule has 154 valence electrons. The number of rotatable bonds is 5. The van der Waals surface area contributed by atoms with Gasteiger partial charge in [-0.3, -0.25) is 9.69 Å². The second-order valence-corrected chi connectivity index (χ2v) is 9.29. The first-order valence-corrected chi connectivity index (χ1v) is 11.7. The van der Waals surface area contributed by atoms with Crippen molar-refractivity contribution >= 4 is 40.6 Å². The molecule has 1 saturated heterocycles. The van der Waals surface area contributed by atoms with Crippen LogP contribution in [0.25, 0.3) is 0 Å². The van der Waals surface area contributed by atoms with E-state index in [2.05, 4.69) is 4.99 Å². The lowest BCUT2D eigenvalue weighted by molar-refractivity contribution is -0.141. The van der Waals surface area contributed by atoms with Gasteiger partial charge in [0.2, 0.25) is 5.91 Å². The molecule has 1 fully saturated rings. The predicted octanol–water partition coefficient (Wildman–Crippen LogP) is 4.80. The van der Waals surface area contributed by atoms with Crippen LogP contribution in [0.5, 0.6) is 0 Å². The average Bonchev–Trinajstić information content (AvgIpc) is 3.05. The number of carbonyl (C=O) groups is 2. The molecule has 0 aliphatic carbocycles. The van der Waals surface area contributed by atoms with Crippen molar-refractivity contribution in [1.82, 2.24) is 4.90 Å². The number of fused-ring (bicyclic) bond motifs is 1. The zero-order valence-corrected chi connectivity index (χ0v) is 18.6. The highest BCUT2D eigenvalue weighted by Crippen LogP contribution is 2.43. The van der Waals surface area contributed by atoms with Crippen LogP contribution in [0.4, 0.5) is 0 Å². The lowest BCUT2D eigenvalue weighted by Gasteiger charge is -2.33. The number of amidine groups is 1. The Kier molecular flexibility index (Phi) is 6.01. The first-order chi connectivity index (χ1) is 14.5. The van der Waals surface area contributed by atoms with Gasteiger partial charge in [-0.15, -0.1) is 11.8 Å². The van der Waals surface area contributed by atoms with Crippen LogP contribution in [0, 0.1) is 0 Å². The Morgan fingerprint density at radius 3 is 2.53 bits per heavy atom. The van der Waals surface area contributed by atoms with Crippen LogP contribution in [0.3, 0.4) is 0 Å². The van der Waals surface area contributed by atoms with E-state index in [0.717, 1.165) is 16.0 Å². The molecule has 0 radical (unpaired) electrons.